The van der Waals surface area contributed by atoms with Crippen molar-refractivity contribution in [2.24, 2.45) is 5.73 Å². The third-order valence-electron chi connectivity index (χ3n) is 2.47. The van der Waals surface area contributed by atoms with Crippen molar-refractivity contribution in [3.63, 3.8) is 0 Å². The maximum Gasteiger partial charge on any atom is 0.318 e. The molecule has 9 heteroatoms. The molecule has 1 aromatic rings. The number of amides is 1. The molecule has 0 radical (unpaired) electrons. The monoisotopic (exact) mass is 283 g/mol. The first-order chi connectivity index (χ1) is 9.38. The maximum atomic E-state index is 11.3. The van der Waals surface area contributed by atoms with Crippen LogP contribution in [0.25, 0.3) is 0 Å². The summed E-state index contributed by atoms with van der Waals surface area (Å²) in [7, 11) is 0. The molecule has 1 amide bonds. The van der Waals surface area contributed by atoms with Gasteiger partial charge in [-0.25, -0.2) is 0 Å². The topological polar surface area (TPSA) is 139 Å². The van der Waals surface area contributed by atoms with E-state index in [1.807, 2.05) is 6.92 Å². The van der Waals surface area contributed by atoms with E-state index in [-0.39, 0.29) is 17.9 Å². The molecule has 0 aliphatic carbocycles. The number of nitrogens with two attached hydrogens (primary N) is 1. The zero-order chi connectivity index (χ0) is 15.3. The molecule has 20 heavy (non-hydrogen) atoms. The zero-order valence-electron chi connectivity index (χ0n) is 10.7. The van der Waals surface area contributed by atoms with Crippen molar-refractivity contribution in [3.8, 4) is 5.75 Å². The molecule has 0 saturated heterocycles. The highest BCUT2D eigenvalue weighted by Crippen LogP contribution is 2.35. The molecule has 0 bridgehead atoms. The van der Waals surface area contributed by atoms with Gasteiger partial charge in [0, 0.05) is 6.07 Å². The molecule has 2 N–H and O–H groups in total. The first-order valence-electron chi connectivity index (χ1n) is 5.77. The van der Waals surface area contributed by atoms with Crippen LogP contribution in [-0.4, -0.2) is 22.4 Å². The van der Waals surface area contributed by atoms with Crippen molar-refractivity contribution in [2.75, 3.05) is 6.61 Å². The van der Waals surface area contributed by atoms with Gasteiger partial charge >= 0.3 is 5.69 Å². The summed E-state index contributed by atoms with van der Waals surface area (Å²) in [5.41, 5.74) is 3.48. The lowest BCUT2D eigenvalue weighted by Gasteiger charge is -2.09. The van der Waals surface area contributed by atoms with Crippen LogP contribution in [0.4, 0.5) is 11.4 Å². The highest BCUT2D eigenvalue weighted by atomic mass is 16.6. The Labute approximate surface area is 113 Å². The van der Waals surface area contributed by atoms with Crippen LogP contribution in [0.5, 0.6) is 5.75 Å². The highest BCUT2D eigenvalue weighted by Gasteiger charge is 2.27. The lowest BCUT2D eigenvalue weighted by atomic mass is 10.1. The Kier molecular flexibility index (Phi) is 4.95. The van der Waals surface area contributed by atoms with Crippen LogP contribution < -0.4 is 10.5 Å². The minimum Gasteiger partial charge on any atom is -0.486 e. The van der Waals surface area contributed by atoms with Gasteiger partial charge in [0.05, 0.1) is 28.1 Å². The van der Waals surface area contributed by atoms with Crippen LogP contribution in [0, 0.1) is 20.2 Å². The first-order valence-corrected chi connectivity index (χ1v) is 5.77. The van der Waals surface area contributed by atoms with Gasteiger partial charge in [-0.3, -0.25) is 25.0 Å². The van der Waals surface area contributed by atoms with Crippen LogP contribution in [0.2, 0.25) is 0 Å². The number of hydrogen-bond donors (Lipinski definition) is 1. The summed E-state index contributed by atoms with van der Waals surface area (Å²) in [6, 6.07) is 1.62. The van der Waals surface area contributed by atoms with E-state index in [1.165, 1.54) is 0 Å². The molecule has 1 aromatic carbocycles. The molecular formula is C11H13N3O6. The smallest absolute Gasteiger partial charge is 0.318 e. The summed E-state index contributed by atoms with van der Waals surface area (Å²) in [6.07, 6.45) is 1.40. The largest absolute Gasteiger partial charge is 0.486 e. The van der Waals surface area contributed by atoms with E-state index >= 15 is 0 Å². The summed E-state index contributed by atoms with van der Waals surface area (Å²) in [4.78, 5) is 31.3. The summed E-state index contributed by atoms with van der Waals surface area (Å²) in [5, 5.41) is 21.7. The SMILES string of the molecule is CCCCOc1c(C(N)=O)cc([N+](=O)[O-])cc1[N+](=O)[O-]. The van der Waals surface area contributed by atoms with Crippen LogP contribution in [0.15, 0.2) is 12.1 Å². The van der Waals surface area contributed by atoms with E-state index in [1.54, 1.807) is 0 Å². The van der Waals surface area contributed by atoms with E-state index in [9.17, 15) is 25.0 Å². The van der Waals surface area contributed by atoms with Crippen molar-refractivity contribution < 1.29 is 19.4 Å². The number of hydrogen-bond acceptors (Lipinski definition) is 6. The molecular weight excluding hydrogens is 270 g/mol. The molecule has 0 aromatic heterocycles. The summed E-state index contributed by atoms with van der Waals surface area (Å²) in [5.74, 6) is -1.36. The molecule has 0 spiro atoms. The summed E-state index contributed by atoms with van der Waals surface area (Å²) < 4.78 is 5.20. The Hall–Kier alpha value is -2.71. The fourth-order valence-corrected chi connectivity index (χ4v) is 1.49. The van der Waals surface area contributed by atoms with Crippen molar-refractivity contribution >= 4 is 17.3 Å². The Morgan fingerprint density at radius 1 is 1.30 bits per heavy atom. The van der Waals surface area contributed by atoms with Gasteiger partial charge in [-0.05, 0) is 6.42 Å². The predicted octanol–water partition coefficient (Wildman–Crippen LogP) is 1.78. The lowest BCUT2D eigenvalue weighted by molar-refractivity contribution is -0.394. The standard InChI is InChI=1S/C11H13N3O6/c1-2-3-4-20-10-8(11(12)15)5-7(13(16)17)6-9(10)14(18)19/h5-6H,2-4H2,1H3,(H2,12,15). The van der Waals surface area contributed by atoms with Gasteiger partial charge in [0.1, 0.15) is 0 Å². The third kappa shape index (κ3) is 3.40. The van der Waals surface area contributed by atoms with Gasteiger partial charge in [0.15, 0.2) is 0 Å². The zero-order valence-corrected chi connectivity index (χ0v) is 10.7. The number of nitrogens with zero attached hydrogens (tertiary/aromatic N) is 2. The normalized spacial score (nSPS) is 10.1. The molecule has 1 rings (SSSR count). The molecule has 0 aliphatic heterocycles. The second-order valence-electron chi connectivity index (χ2n) is 3.92. The number of primary amides is 1. The Morgan fingerprint density at radius 3 is 2.40 bits per heavy atom. The Bertz CT molecular complexity index is 522. The van der Waals surface area contributed by atoms with Crippen molar-refractivity contribution in [3.05, 3.63) is 37.9 Å². The number of carbonyl (C=O) groups is 1. The number of benzene rings is 1. The van der Waals surface area contributed by atoms with E-state index in [2.05, 4.69) is 0 Å². The quantitative estimate of drug-likeness (QED) is 0.459. The molecule has 0 atom stereocenters. The van der Waals surface area contributed by atoms with Crippen LogP contribution in [0.1, 0.15) is 30.1 Å². The first kappa shape index (κ1) is 15.3. The molecule has 0 aliphatic rings. The highest BCUT2D eigenvalue weighted by molar-refractivity contribution is 5.98. The summed E-state index contributed by atoms with van der Waals surface area (Å²) in [6.45, 7) is 2.04. The van der Waals surface area contributed by atoms with E-state index in [0.29, 0.717) is 6.42 Å². The van der Waals surface area contributed by atoms with Crippen LogP contribution >= 0.6 is 0 Å². The maximum absolute atomic E-state index is 11.3. The molecule has 0 unspecified atom stereocenters. The Morgan fingerprint density at radius 2 is 1.95 bits per heavy atom. The van der Waals surface area contributed by atoms with Gasteiger partial charge in [-0.2, -0.15) is 0 Å². The number of ether oxygens (including phenoxy) is 1. The fraction of sp³-hybridized carbons (Fsp3) is 0.364. The van der Waals surface area contributed by atoms with E-state index in [4.69, 9.17) is 10.5 Å². The molecule has 0 saturated carbocycles. The minimum atomic E-state index is -1.02. The molecule has 108 valence electrons. The van der Waals surface area contributed by atoms with Gasteiger partial charge in [-0.1, -0.05) is 13.3 Å². The number of nitro benzene ring substituents is 2. The predicted molar refractivity (Wildman–Crippen MR) is 68.7 cm³/mol. The van der Waals surface area contributed by atoms with Crippen molar-refractivity contribution in [1.29, 1.82) is 0 Å². The minimum absolute atomic E-state index is 0.148. The second kappa shape index (κ2) is 6.45. The average molecular weight is 283 g/mol. The van der Waals surface area contributed by atoms with E-state index < -0.39 is 27.1 Å². The number of nitro groups is 2. The number of rotatable bonds is 7. The second-order valence-corrected chi connectivity index (χ2v) is 3.92. The van der Waals surface area contributed by atoms with Crippen LogP contribution in [0.3, 0.4) is 0 Å². The Balaban J connectivity index is 3.39. The fourth-order valence-electron chi connectivity index (χ4n) is 1.49. The third-order valence-corrected chi connectivity index (χ3v) is 2.47. The van der Waals surface area contributed by atoms with Crippen LogP contribution in [-0.2, 0) is 0 Å². The summed E-state index contributed by atoms with van der Waals surface area (Å²) >= 11 is 0. The lowest BCUT2D eigenvalue weighted by Crippen LogP contribution is -2.15. The van der Waals surface area contributed by atoms with Gasteiger partial charge < -0.3 is 10.5 Å². The molecule has 0 heterocycles. The van der Waals surface area contributed by atoms with Crippen molar-refractivity contribution in [1.82, 2.24) is 0 Å². The van der Waals surface area contributed by atoms with Gasteiger partial charge in [0.25, 0.3) is 11.6 Å². The van der Waals surface area contributed by atoms with Gasteiger partial charge in [0.2, 0.25) is 5.75 Å². The van der Waals surface area contributed by atoms with Gasteiger partial charge in [-0.15, -0.1) is 0 Å². The average Bonchev–Trinajstić information content (AvgIpc) is 2.37. The van der Waals surface area contributed by atoms with Crippen molar-refractivity contribution in [2.45, 2.75) is 19.8 Å². The number of unbranched alkanes of at least 4 members (excludes halogenated alkanes) is 1. The molecule has 9 nitrogen and oxygen atoms in total. The number of carbonyl (C=O) groups excluding carboxylic acids is 1. The number of non-ortho nitro benzene ring substituents is 1. The molecule has 0 fully saturated rings. The van der Waals surface area contributed by atoms with E-state index in [0.717, 1.165) is 18.6 Å².